The highest BCUT2D eigenvalue weighted by atomic mass is 16.5. The zero-order chi connectivity index (χ0) is 18.1. The molecule has 1 saturated carbocycles. The van der Waals surface area contributed by atoms with Gasteiger partial charge in [0.15, 0.2) is 11.5 Å². The van der Waals surface area contributed by atoms with E-state index in [9.17, 15) is 4.79 Å². The van der Waals surface area contributed by atoms with Gasteiger partial charge in [-0.25, -0.2) is 0 Å². The van der Waals surface area contributed by atoms with Gasteiger partial charge in [-0.2, -0.15) is 0 Å². The van der Waals surface area contributed by atoms with Gasteiger partial charge in [-0.3, -0.25) is 4.79 Å². The van der Waals surface area contributed by atoms with E-state index in [4.69, 9.17) is 9.47 Å². The average Bonchev–Trinajstić information content (AvgIpc) is 3.51. The number of anilines is 1. The lowest BCUT2D eigenvalue weighted by molar-refractivity contribution is 0.0666. The lowest BCUT2D eigenvalue weighted by atomic mass is 10.0. The Balaban J connectivity index is 1.71. The summed E-state index contributed by atoms with van der Waals surface area (Å²) in [6.07, 6.45) is 3.57. The smallest absolute Gasteiger partial charge is 0.258 e. The van der Waals surface area contributed by atoms with Crippen LogP contribution < -0.4 is 14.8 Å². The number of nitrogens with one attached hydrogen (secondary N) is 1. The fourth-order valence-electron chi connectivity index (χ4n) is 3.36. The second-order valence-electron chi connectivity index (χ2n) is 6.55. The molecule has 1 amide bonds. The SMILES string of the molecule is C=CCOc1ccc([C@@H]2Nc3ccccc3C(=O)N2C2CC2)cc1OC. The van der Waals surface area contributed by atoms with Gasteiger partial charge in [-0.05, 0) is 42.7 Å². The van der Waals surface area contributed by atoms with Crippen LogP contribution in [0.1, 0.15) is 34.9 Å². The van der Waals surface area contributed by atoms with Crippen LogP contribution >= 0.6 is 0 Å². The number of hydrogen-bond donors (Lipinski definition) is 1. The Hall–Kier alpha value is -2.95. The minimum absolute atomic E-state index is 0.0813. The molecule has 4 rings (SSSR count). The van der Waals surface area contributed by atoms with Gasteiger partial charge in [-0.15, -0.1) is 0 Å². The zero-order valence-electron chi connectivity index (χ0n) is 14.8. The molecule has 5 nitrogen and oxygen atoms in total. The molecule has 2 aromatic carbocycles. The van der Waals surface area contributed by atoms with Crippen LogP contribution in [0.25, 0.3) is 0 Å². The van der Waals surface area contributed by atoms with Crippen LogP contribution in [0.2, 0.25) is 0 Å². The summed E-state index contributed by atoms with van der Waals surface area (Å²) in [6.45, 7) is 4.08. The Morgan fingerprint density at radius 1 is 1.23 bits per heavy atom. The Labute approximate surface area is 153 Å². The van der Waals surface area contributed by atoms with Gasteiger partial charge in [0, 0.05) is 11.7 Å². The van der Waals surface area contributed by atoms with Gasteiger partial charge in [-0.1, -0.05) is 30.9 Å². The third kappa shape index (κ3) is 2.90. The third-order valence-electron chi connectivity index (χ3n) is 4.76. The molecule has 1 fully saturated rings. The normalized spacial score (nSPS) is 18.7. The van der Waals surface area contributed by atoms with Gasteiger partial charge >= 0.3 is 0 Å². The molecule has 1 heterocycles. The number of rotatable bonds is 6. The first kappa shape index (κ1) is 16.5. The molecule has 1 N–H and O–H groups in total. The van der Waals surface area contributed by atoms with Crippen molar-refractivity contribution in [2.24, 2.45) is 0 Å². The van der Waals surface area contributed by atoms with E-state index in [-0.39, 0.29) is 18.1 Å². The summed E-state index contributed by atoms with van der Waals surface area (Å²) in [7, 11) is 1.62. The molecule has 0 radical (unpaired) electrons. The minimum atomic E-state index is -0.216. The van der Waals surface area contributed by atoms with Crippen LogP contribution in [0.3, 0.4) is 0 Å². The molecular formula is C21H22N2O3. The largest absolute Gasteiger partial charge is 0.493 e. The quantitative estimate of drug-likeness (QED) is 0.801. The summed E-state index contributed by atoms with van der Waals surface area (Å²) in [5.74, 6) is 1.39. The summed E-state index contributed by atoms with van der Waals surface area (Å²) in [5.41, 5.74) is 2.57. The molecule has 26 heavy (non-hydrogen) atoms. The minimum Gasteiger partial charge on any atom is -0.493 e. The fraction of sp³-hybridized carbons (Fsp3) is 0.286. The summed E-state index contributed by atoms with van der Waals surface area (Å²) in [5, 5.41) is 3.52. The standard InChI is InChI=1S/C21H22N2O3/c1-3-12-26-18-11-8-14(13-19(18)25-2)20-22-17-7-5-4-6-16(17)21(24)23(20)15-9-10-15/h3-8,11,13,15,20,22H,1,9-10,12H2,2H3/t20-/m1/s1. The van der Waals surface area contributed by atoms with Gasteiger partial charge in [0.25, 0.3) is 5.91 Å². The fourth-order valence-corrected chi connectivity index (χ4v) is 3.36. The summed E-state index contributed by atoms with van der Waals surface area (Å²) < 4.78 is 11.1. The Kier molecular flexibility index (Phi) is 4.29. The van der Waals surface area contributed by atoms with Crippen molar-refractivity contribution in [3.8, 4) is 11.5 Å². The Morgan fingerprint density at radius 2 is 2.04 bits per heavy atom. The van der Waals surface area contributed by atoms with Gasteiger partial charge in [0.05, 0.1) is 12.7 Å². The maximum atomic E-state index is 13.1. The molecule has 0 saturated heterocycles. The maximum absolute atomic E-state index is 13.1. The van der Waals surface area contributed by atoms with E-state index in [0.29, 0.717) is 18.1 Å². The molecular weight excluding hydrogens is 328 g/mol. The van der Waals surface area contributed by atoms with E-state index in [1.807, 2.05) is 47.4 Å². The second-order valence-corrected chi connectivity index (χ2v) is 6.55. The van der Waals surface area contributed by atoms with E-state index in [1.165, 1.54) is 0 Å². The maximum Gasteiger partial charge on any atom is 0.258 e. The topological polar surface area (TPSA) is 50.8 Å². The van der Waals surface area contributed by atoms with Gasteiger partial charge < -0.3 is 19.7 Å². The van der Waals surface area contributed by atoms with Crippen molar-refractivity contribution in [2.75, 3.05) is 19.0 Å². The first-order valence-corrected chi connectivity index (χ1v) is 8.83. The molecule has 2 aliphatic rings. The van der Waals surface area contributed by atoms with Gasteiger partial charge in [0.1, 0.15) is 12.8 Å². The number of methoxy groups -OCH3 is 1. The zero-order valence-corrected chi connectivity index (χ0v) is 14.8. The molecule has 0 spiro atoms. The molecule has 1 atom stereocenters. The predicted molar refractivity (Wildman–Crippen MR) is 101 cm³/mol. The van der Waals surface area contributed by atoms with Crippen LogP contribution in [0.15, 0.2) is 55.1 Å². The van der Waals surface area contributed by atoms with Crippen LogP contribution in [-0.2, 0) is 0 Å². The van der Waals surface area contributed by atoms with E-state index < -0.39 is 0 Å². The number of nitrogens with zero attached hydrogens (tertiary/aromatic N) is 1. The number of carbonyl (C=O) groups is 1. The molecule has 134 valence electrons. The highest BCUT2D eigenvalue weighted by Crippen LogP contribution is 2.42. The molecule has 2 aromatic rings. The van der Waals surface area contributed by atoms with Crippen molar-refractivity contribution in [3.63, 3.8) is 0 Å². The second kappa shape index (κ2) is 6.75. The van der Waals surface area contributed by atoms with Crippen LogP contribution in [0.5, 0.6) is 11.5 Å². The Bertz CT molecular complexity index is 845. The first-order chi connectivity index (χ1) is 12.7. The number of benzene rings is 2. The number of ether oxygens (including phenoxy) is 2. The van der Waals surface area contributed by atoms with Crippen molar-refractivity contribution >= 4 is 11.6 Å². The van der Waals surface area contributed by atoms with Crippen molar-refractivity contribution in [1.29, 1.82) is 0 Å². The number of carbonyl (C=O) groups excluding carboxylic acids is 1. The van der Waals surface area contributed by atoms with E-state index in [0.717, 1.165) is 29.7 Å². The Morgan fingerprint density at radius 3 is 2.77 bits per heavy atom. The van der Waals surface area contributed by atoms with E-state index in [2.05, 4.69) is 11.9 Å². The van der Waals surface area contributed by atoms with Crippen LogP contribution in [0, 0.1) is 0 Å². The number of amides is 1. The molecule has 0 bridgehead atoms. The van der Waals surface area contributed by atoms with E-state index in [1.54, 1.807) is 13.2 Å². The van der Waals surface area contributed by atoms with Crippen molar-refractivity contribution < 1.29 is 14.3 Å². The molecule has 0 aromatic heterocycles. The average molecular weight is 350 g/mol. The highest BCUT2D eigenvalue weighted by molar-refractivity contribution is 6.02. The summed E-state index contributed by atoms with van der Waals surface area (Å²) in [4.78, 5) is 15.0. The predicted octanol–water partition coefficient (Wildman–Crippen LogP) is 3.99. The lowest BCUT2D eigenvalue weighted by Gasteiger charge is -2.38. The summed E-state index contributed by atoms with van der Waals surface area (Å²) >= 11 is 0. The highest BCUT2D eigenvalue weighted by Gasteiger charge is 2.42. The summed E-state index contributed by atoms with van der Waals surface area (Å²) in [6, 6.07) is 13.8. The van der Waals surface area contributed by atoms with Crippen LogP contribution in [0.4, 0.5) is 5.69 Å². The number of para-hydroxylation sites is 1. The molecule has 1 aliphatic carbocycles. The molecule has 5 heteroatoms. The van der Waals surface area contributed by atoms with Crippen molar-refractivity contribution in [3.05, 3.63) is 66.2 Å². The number of fused-ring (bicyclic) bond motifs is 1. The van der Waals surface area contributed by atoms with Crippen molar-refractivity contribution in [1.82, 2.24) is 4.90 Å². The number of hydrogen-bond acceptors (Lipinski definition) is 4. The van der Waals surface area contributed by atoms with Crippen LogP contribution in [-0.4, -0.2) is 30.6 Å². The monoisotopic (exact) mass is 350 g/mol. The molecule has 1 aliphatic heterocycles. The van der Waals surface area contributed by atoms with E-state index >= 15 is 0 Å². The molecule has 0 unspecified atom stereocenters. The van der Waals surface area contributed by atoms with Crippen molar-refractivity contribution in [2.45, 2.75) is 25.0 Å². The van der Waals surface area contributed by atoms with Gasteiger partial charge in [0.2, 0.25) is 0 Å². The first-order valence-electron chi connectivity index (χ1n) is 8.83. The third-order valence-corrected chi connectivity index (χ3v) is 4.76. The lowest BCUT2D eigenvalue weighted by Crippen LogP contribution is -2.44.